The van der Waals surface area contributed by atoms with Gasteiger partial charge in [0.15, 0.2) is 0 Å². The lowest BCUT2D eigenvalue weighted by atomic mass is 9.99. The van der Waals surface area contributed by atoms with Crippen LogP contribution >= 0.6 is 0 Å². The summed E-state index contributed by atoms with van der Waals surface area (Å²) in [5, 5.41) is 5.22. The van der Waals surface area contributed by atoms with Crippen LogP contribution in [0.1, 0.15) is 24.5 Å². The molecule has 3 rings (SSSR count). The zero-order valence-corrected chi connectivity index (χ0v) is 14.5. The van der Waals surface area contributed by atoms with Crippen molar-refractivity contribution in [1.82, 2.24) is 20.1 Å². The molecule has 0 aromatic heterocycles. The summed E-state index contributed by atoms with van der Waals surface area (Å²) in [5.74, 6) is 0. The molecule has 2 heterocycles. The molecule has 0 bridgehead atoms. The fraction of sp³-hybridized carbons (Fsp3) is 0.500. The van der Waals surface area contributed by atoms with Gasteiger partial charge < -0.3 is 10.3 Å². The highest BCUT2D eigenvalue weighted by Gasteiger charge is 2.30. The minimum Gasteiger partial charge on any atom is -0.315 e. The predicted molar refractivity (Wildman–Crippen MR) is 90.9 cm³/mol. The summed E-state index contributed by atoms with van der Waals surface area (Å²) in [6, 6.07) is 5.58. The molecule has 1 saturated heterocycles. The maximum absolute atomic E-state index is 13.2. The van der Waals surface area contributed by atoms with Gasteiger partial charge in [0.1, 0.15) is 0 Å². The molecule has 0 saturated carbocycles. The van der Waals surface area contributed by atoms with E-state index in [0.29, 0.717) is 31.1 Å². The van der Waals surface area contributed by atoms with Gasteiger partial charge in [-0.25, -0.2) is 13.8 Å². The van der Waals surface area contributed by atoms with Gasteiger partial charge in [-0.1, -0.05) is 12.1 Å². The molecule has 2 aliphatic heterocycles. The standard InChI is InChI=1S/C16H24N4O2S/c1-13-11-19(17-2)12-14-5-3-6-15(16(13)14)23(21,22)20-9-4-7-18-8-10-20/h3,5-6,11,17-18H,4,7-10,12H2,1-2H3. The van der Waals surface area contributed by atoms with Crippen molar-refractivity contribution in [3.8, 4) is 0 Å². The summed E-state index contributed by atoms with van der Waals surface area (Å²) < 4.78 is 27.9. The molecule has 0 radical (unpaired) electrons. The van der Waals surface area contributed by atoms with E-state index in [1.165, 1.54) is 0 Å². The van der Waals surface area contributed by atoms with E-state index >= 15 is 0 Å². The fourth-order valence-corrected chi connectivity index (χ4v) is 5.02. The molecule has 2 aliphatic rings. The molecule has 0 spiro atoms. The summed E-state index contributed by atoms with van der Waals surface area (Å²) in [6.45, 7) is 5.30. The van der Waals surface area contributed by atoms with Crippen LogP contribution < -0.4 is 10.7 Å². The maximum atomic E-state index is 13.2. The van der Waals surface area contributed by atoms with Crippen LogP contribution in [-0.2, 0) is 16.6 Å². The van der Waals surface area contributed by atoms with E-state index in [9.17, 15) is 8.42 Å². The average molecular weight is 336 g/mol. The Morgan fingerprint density at radius 1 is 1.22 bits per heavy atom. The van der Waals surface area contributed by atoms with Crippen LogP contribution in [-0.4, -0.2) is 51.0 Å². The molecule has 1 fully saturated rings. The SMILES string of the molecule is CNN1C=C(C)c2c(cccc2S(=O)(=O)N2CCCNCC2)C1. The number of fused-ring (bicyclic) bond motifs is 1. The van der Waals surface area contributed by atoms with Gasteiger partial charge in [0.2, 0.25) is 10.0 Å². The highest BCUT2D eigenvalue weighted by molar-refractivity contribution is 7.89. The van der Waals surface area contributed by atoms with E-state index in [1.54, 1.807) is 10.4 Å². The summed E-state index contributed by atoms with van der Waals surface area (Å²) in [5.41, 5.74) is 5.95. The lowest BCUT2D eigenvalue weighted by Gasteiger charge is -2.29. The minimum atomic E-state index is -3.47. The quantitative estimate of drug-likeness (QED) is 0.861. The number of hydrogen-bond acceptors (Lipinski definition) is 5. The van der Waals surface area contributed by atoms with E-state index in [4.69, 9.17) is 0 Å². The van der Waals surface area contributed by atoms with Crippen molar-refractivity contribution in [2.75, 3.05) is 33.2 Å². The molecule has 0 aliphatic carbocycles. The summed E-state index contributed by atoms with van der Waals surface area (Å²) >= 11 is 0. The average Bonchev–Trinajstić information content (AvgIpc) is 2.83. The molecular weight excluding hydrogens is 312 g/mol. The zero-order valence-electron chi connectivity index (χ0n) is 13.7. The van der Waals surface area contributed by atoms with Crippen molar-refractivity contribution < 1.29 is 8.42 Å². The lowest BCUT2D eigenvalue weighted by molar-refractivity contribution is 0.286. The van der Waals surface area contributed by atoms with E-state index in [2.05, 4.69) is 10.7 Å². The van der Waals surface area contributed by atoms with Crippen molar-refractivity contribution in [1.29, 1.82) is 0 Å². The Balaban J connectivity index is 2.04. The summed E-state index contributed by atoms with van der Waals surface area (Å²) in [4.78, 5) is 0.432. The number of nitrogens with zero attached hydrogens (tertiary/aromatic N) is 2. The van der Waals surface area contributed by atoms with Gasteiger partial charge in [-0.3, -0.25) is 0 Å². The Morgan fingerprint density at radius 2 is 2.04 bits per heavy atom. The largest absolute Gasteiger partial charge is 0.315 e. The first kappa shape index (κ1) is 16.4. The molecule has 7 heteroatoms. The Labute approximate surface area is 138 Å². The number of nitrogens with one attached hydrogen (secondary N) is 2. The maximum Gasteiger partial charge on any atom is 0.243 e. The number of benzene rings is 1. The zero-order chi connectivity index (χ0) is 16.4. The van der Waals surface area contributed by atoms with Gasteiger partial charge >= 0.3 is 0 Å². The van der Waals surface area contributed by atoms with Crippen molar-refractivity contribution in [3.05, 3.63) is 35.5 Å². The molecule has 23 heavy (non-hydrogen) atoms. The fourth-order valence-electron chi connectivity index (χ4n) is 3.24. The van der Waals surface area contributed by atoms with Crippen LogP contribution in [0.2, 0.25) is 0 Å². The third-order valence-corrected chi connectivity index (χ3v) is 6.34. The van der Waals surface area contributed by atoms with Gasteiger partial charge in [0, 0.05) is 38.4 Å². The smallest absolute Gasteiger partial charge is 0.243 e. The second-order valence-electron chi connectivity index (χ2n) is 5.96. The number of rotatable bonds is 3. The van der Waals surface area contributed by atoms with Gasteiger partial charge in [-0.15, -0.1) is 0 Å². The van der Waals surface area contributed by atoms with Crippen molar-refractivity contribution in [2.45, 2.75) is 24.8 Å². The molecule has 1 aromatic carbocycles. The van der Waals surface area contributed by atoms with Gasteiger partial charge in [0.25, 0.3) is 0 Å². The number of hydrogen-bond donors (Lipinski definition) is 2. The molecular formula is C16H24N4O2S. The Hall–Kier alpha value is -1.41. The Morgan fingerprint density at radius 3 is 2.83 bits per heavy atom. The highest BCUT2D eigenvalue weighted by atomic mass is 32.2. The second-order valence-corrected chi connectivity index (χ2v) is 7.87. The van der Waals surface area contributed by atoms with Gasteiger partial charge in [-0.05, 0) is 37.1 Å². The number of sulfonamides is 1. The van der Waals surface area contributed by atoms with Crippen LogP contribution in [0.4, 0.5) is 0 Å². The molecule has 0 unspecified atom stereocenters. The van der Waals surface area contributed by atoms with Crippen molar-refractivity contribution in [3.63, 3.8) is 0 Å². The normalized spacial score (nSPS) is 19.9. The van der Waals surface area contributed by atoms with E-state index in [1.807, 2.05) is 37.3 Å². The third-order valence-electron chi connectivity index (χ3n) is 4.40. The first-order chi connectivity index (χ1) is 11.0. The van der Waals surface area contributed by atoms with Crippen molar-refractivity contribution in [2.24, 2.45) is 0 Å². The van der Waals surface area contributed by atoms with Gasteiger partial charge in [0.05, 0.1) is 11.4 Å². The predicted octanol–water partition coefficient (Wildman–Crippen LogP) is 0.981. The minimum absolute atomic E-state index is 0.432. The van der Waals surface area contributed by atoms with E-state index in [-0.39, 0.29) is 0 Å². The van der Waals surface area contributed by atoms with Crippen LogP contribution in [0.25, 0.3) is 5.57 Å². The van der Waals surface area contributed by atoms with Crippen LogP contribution in [0.3, 0.4) is 0 Å². The molecule has 6 nitrogen and oxygen atoms in total. The first-order valence-corrected chi connectivity index (χ1v) is 9.43. The van der Waals surface area contributed by atoms with Gasteiger partial charge in [-0.2, -0.15) is 4.31 Å². The molecule has 1 aromatic rings. The van der Waals surface area contributed by atoms with E-state index < -0.39 is 10.0 Å². The second kappa shape index (κ2) is 6.60. The van der Waals surface area contributed by atoms with Crippen LogP contribution in [0, 0.1) is 0 Å². The Kier molecular flexibility index (Phi) is 4.72. The number of hydrazine groups is 1. The lowest BCUT2D eigenvalue weighted by Crippen LogP contribution is -2.36. The first-order valence-electron chi connectivity index (χ1n) is 7.99. The molecule has 126 valence electrons. The molecule has 2 N–H and O–H groups in total. The van der Waals surface area contributed by atoms with Crippen LogP contribution in [0.5, 0.6) is 0 Å². The summed E-state index contributed by atoms with van der Waals surface area (Å²) in [6.07, 6.45) is 2.81. The van der Waals surface area contributed by atoms with Crippen molar-refractivity contribution >= 4 is 15.6 Å². The van der Waals surface area contributed by atoms with E-state index in [0.717, 1.165) is 29.7 Å². The van der Waals surface area contributed by atoms with Crippen LogP contribution in [0.15, 0.2) is 29.3 Å². The molecule has 0 atom stereocenters. The monoisotopic (exact) mass is 336 g/mol. The topological polar surface area (TPSA) is 64.7 Å². The summed E-state index contributed by atoms with van der Waals surface area (Å²) in [7, 11) is -1.61. The number of allylic oxidation sites excluding steroid dienone is 1. The Bertz CT molecular complexity index is 707. The third kappa shape index (κ3) is 3.14. The highest BCUT2D eigenvalue weighted by Crippen LogP contribution is 2.33. The molecule has 0 amide bonds.